The van der Waals surface area contributed by atoms with Crippen molar-refractivity contribution in [2.45, 2.75) is 38.6 Å². The SMILES string of the molecule is COC(=O)[C@@H]1CN(Cc2ccccc2)C(=O)[C@@H]1C1CCCCC1. The van der Waals surface area contributed by atoms with Crippen molar-refractivity contribution in [1.82, 2.24) is 4.90 Å². The van der Waals surface area contributed by atoms with Crippen LogP contribution < -0.4 is 0 Å². The molecule has 0 bridgehead atoms. The van der Waals surface area contributed by atoms with Crippen LogP contribution in [0.5, 0.6) is 0 Å². The van der Waals surface area contributed by atoms with Crippen LogP contribution in [-0.4, -0.2) is 30.4 Å². The number of nitrogens with zero attached hydrogens (tertiary/aromatic N) is 1. The van der Waals surface area contributed by atoms with Crippen LogP contribution in [0.1, 0.15) is 37.7 Å². The van der Waals surface area contributed by atoms with Crippen molar-refractivity contribution >= 4 is 11.9 Å². The van der Waals surface area contributed by atoms with Gasteiger partial charge in [-0.3, -0.25) is 9.59 Å². The quantitative estimate of drug-likeness (QED) is 0.802. The smallest absolute Gasteiger partial charge is 0.311 e. The van der Waals surface area contributed by atoms with Gasteiger partial charge < -0.3 is 9.64 Å². The van der Waals surface area contributed by atoms with Crippen LogP contribution in [0.4, 0.5) is 0 Å². The lowest BCUT2D eigenvalue weighted by Crippen LogP contribution is -2.33. The van der Waals surface area contributed by atoms with E-state index in [1.54, 1.807) is 0 Å². The first-order valence-electron chi connectivity index (χ1n) is 8.61. The molecule has 0 radical (unpaired) electrons. The van der Waals surface area contributed by atoms with Gasteiger partial charge in [0.15, 0.2) is 0 Å². The predicted molar refractivity (Wildman–Crippen MR) is 87.4 cm³/mol. The average molecular weight is 315 g/mol. The molecule has 1 aromatic rings. The summed E-state index contributed by atoms with van der Waals surface area (Å²) in [6.07, 6.45) is 5.70. The number of ether oxygens (including phenoxy) is 1. The molecule has 3 rings (SSSR count). The van der Waals surface area contributed by atoms with Gasteiger partial charge in [-0.1, -0.05) is 49.6 Å². The molecule has 1 aliphatic carbocycles. The Morgan fingerprint density at radius 1 is 1.17 bits per heavy atom. The minimum Gasteiger partial charge on any atom is -0.469 e. The molecule has 1 saturated heterocycles. The molecule has 0 spiro atoms. The van der Waals surface area contributed by atoms with Gasteiger partial charge in [0.05, 0.1) is 18.9 Å². The molecule has 1 aromatic carbocycles. The zero-order chi connectivity index (χ0) is 16.2. The van der Waals surface area contributed by atoms with Crippen LogP contribution >= 0.6 is 0 Å². The number of hydrogen-bond donors (Lipinski definition) is 0. The predicted octanol–water partition coefficient (Wildman–Crippen LogP) is 3.01. The summed E-state index contributed by atoms with van der Waals surface area (Å²) in [6, 6.07) is 9.97. The van der Waals surface area contributed by atoms with Gasteiger partial charge in [-0.05, 0) is 24.3 Å². The second-order valence-electron chi connectivity index (χ2n) is 6.76. The van der Waals surface area contributed by atoms with Crippen molar-refractivity contribution in [3.8, 4) is 0 Å². The standard InChI is InChI=1S/C19H25NO3/c1-23-19(22)16-13-20(12-14-8-4-2-5-9-14)18(21)17(16)15-10-6-3-7-11-15/h2,4-5,8-9,15-17H,3,6-7,10-13H2,1H3/t16-,17-/m1/s1. The Bertz CT molecular complexity index is 551. The molecule has 2 aliphatic rings. The van der Waals surface area contributed by atoms with Gasteiger partial charge in [-0.25, -0.2) is 0 Å². The Kier molecular flexibility index (Phi) is 4.99. The zero-order valence-electron chi connectivity index (χ0n) is 13.7. The highest BCUT2D eigenvalue weighted by Crippen LogP contribution is 2.40. The minimum atomic E-state index is -0.306. The van der Waals surface area contributed by atoms with Gasteiger partial charge in [0.25, 0.3) is 0 Å². The molecule has 2 atom stereocenters. The molecule has 1 aliphatic heterocycles. The molecular formula is C19H25NO3. The largest absolute Gasteiger partial charge is 0.469 e. The molecular weight excluding hydrogens is 290 g/mol. The van der Waals surface area contributed by atoms with Crippen LogP contribution in [0.2, 0.25) is 0 Å². The highest BCUT2D eigenvalue weighted by atomic mass is 16.5. The first-order chi connectivity index (χ1) is 11.2. The lowest BCUT2D eigenvalue weighted by molar-refractivity contribution is -0.148. The molecule has 23 heavy (non-hydrogen) atoms. The van der Waals surface area contributed by atoms with E-state index in [0.717, 1.165) is 18.4 Å². The summed E-state index contributed by atoms with van der Waals surface area (Å²) in [5, 5.41) is 0. The van der Waals surface area contributed by atoms with E-state index in [0.29, 0.717) is 19.0 Å². The summed E-state index contributed by atoms with van der Waals surface area (Å²) < 4.78 is 4.98. The highest BCUT2D eigenvalue weighted by Gasteiger charge is 2.48. The Morgan fingerprint density at radius 3 is 2.52 bits per heavy atom. The number of carbonyl (C=O) groups excluding carboxylic acids is 2. The Balaban J connectivity index is 1.78. The molecule has 0 aromatic heterocycles. The summed E-state index contributed by atoms with van der Waals surface area (Å²) in [4.78, 5) is 27.0. The van der Waals surface area contributed by atoms with Crippen LogP contribution in [0.15, 0.2) is 30.3 Å². The van der Waals surface area contributed by atoms with E-state index < -0.39 is 0 Å². The highest BCUT2D eigenvalue weighted by molar-refractivity contribution is 5.89. The van der Waals surface area contributed by atoms with E-state index in [-0.39, 0.29) is 23.7 Å². The fraction of sp³-hybridized carbons (Fsp3) is 0.579. The van der Waals surface area contributed by atoms with E-state index in [4.69, 9.17) is 4.74 Å². The third-order valence-corrected chi connectivity index (χ3v) is 5.33. The monoisotopic (exact) mass is 315 g/mol. The lowest BCUT2D eigenvalue weighted by Gasteiger charge is -2.28. The maximum Gasteiger partial charge on any atom is 0.311 e. The average Bonchev–Trinajstić information content (AvgIpc) is 2.92. The van der Waals surface area contributed by atoms with Crippen molar-refractivity contribution in [3.63, 3.8) is 0 Å². The van der Waals surface area contributed by atoms with E-state index in [1.807, 2.05) is 35.2 Å². The number of benzene rings is 1. The van der Waals surface area contributed by atoms with Crippen LogP contribution in [0.25, 0.3) is 0 Å². The van der Waals surface area contributed by atoms with E-state index in [1.165, 1.54) is 26.4 Å². The van der Waals surface area contributed by atoms with Crippen molar-refractivity contribution in [1.29, 1.82) is 0 Å². The fourth-order valence-corrected chi connectivity index (χ4v) is 4.17. The second-order valence-corrected chi connectivity index (χ2v) is 6.76. The van der Waals surface area contributed by atoms with E-state index in [2.05, 4.69) is 0 Å². The molecule has 4 nitrogen and oxygen atoms in total. The molecule has 2 fully saturated rings. The third kappa shape index (κ3) is 3.41. The number of hydrogen-bond acceptors (Lipinski definition) is 3. The van der Waals surface area contributed by atoms with Crippen LogP contribution in [-0.2, 0) is 20.9 Å². The summed E-state index contributed by atoms with van der Waals surface area (Å²) in [6.45, 7) is 1.07. The van der Waals surface area contributed by atoms with Crippen molar-refractivity contribution in [2.24, 2.45) is 17.8 Å². The van der Waals surface area contributed by atoms with Crippen molar-refractivity contribution < 1.29 is 14.3 Å². The fourth-order valence-electron chi connectivity index (χ4n) is 4.17. The number of esters is 1. The third-order valence-electron chi connectivity index (χ3n) is 5.33. The van der Waals surface area contributed by atoms with Gasteiger partial charge in [0, 0.05) is 13.1 Å². The first kappa shape index (κ1) is 16.0. The maximum atomic E-state index is 13.0. The van der Waals surface area contributed by atoms with Gasteiger partial charge in [-0.2, -0.15) is 0 Å². The summed E-state index contributed by atoms with van der Waals surface area (Å²) >= 11 is 0. The lowest BCUT2D eigenvalue weighted by atomic mass is 9.75. The number of methoxy groups -OCH3 is 1. The van der Waals surface area contributed by atoms with Crippen LogP contribution in [0.3, 0.4) is 0 Å². The van der Waals surface area contributed by atoms with E-state index in [9.17, 15) is 9.59 Å². The number of carbonyl (C=O) groups is 2. The minimum absolute atomic E-state index is 0.135. The molecule has 1 saturated carbocycles. The molecule has 4 heteroatoms. The number of amides is 1. The molecule has 0 N–H and O–H groups in total. The van der Waals surface area contributed by atoms with Crippen molar-refractivity contribution in [2.75, 3.05) is 13.7 Å². The Hall–Kier alpha value is -1.84. The molecule has 0 unspecified atom stereocenters. The summed E-state index contributed by atoms with van der Waals surface area (Å²) in [7, 11) is 1.42. The van der Waals surface area contributed by atoms with Gasteiger partial charge in [0.1, 0.15) is 0 Å². The van der Waals surface area contributed by atoms with Crippen LogP contribution in [0, 0.1) is 17.8 Å². The zero-order valence-corrected chi connectivity index (χ0v) is 13.7. The number of likely N-dealkylation sites (tertiary alicyclic amines) is 1. The number of rotatable bonds is 4. The van der Waals surface area contributed by atoms with Gasteiger partial charge in [0.2, 0.25) is 5.91 Å². The normalized spacial score (nSPS) is 25.6. The molecule has 124 valence electrons. The first-order valence-corrected chi connectivity index (χ1v) is 8.61. The van der Waals surface area contributed by atoms with E-state index >= 15 is 0 Å². The molecule has 1 heterocycles. The Labute approximate surface area is 137 Å². The second kappa shape index (κ2) is 7.16. The van der Waals surface area contributed by atoms with Gasteiger partial charge >= 0.3 is 5.97 Å². The summed E-state index contributed by atoms with van der Waals surface area (Å²) in [5.41, 5.74) is 1.11. The van der Waals surface area contributed by atoms with Gasteiger partial charge in [-0.15, -0.1) is 0 Å². The van der Waals surface area contributed by atoms with Crippen molar-refractivity contribution in [3.05, 3.63) is 35.9 Å². The maximum absolute atomic E-state index is 13.0. The summed E-state index contributed by atoms with van der Waals surface area (Å²) in [5.74, 6) is -0.257. The molecule has 1 amide bonds. The topological polar surface area (TPSA) is 46.6 Å². The Morgan fingerprint density at radius 2 is 1.87 bits per heavy atom.